The van der Waals surface area contributed by atoms with Crippen molar-refractivity contribution in [2.45, 2.75) is 33.3 Å². The van der Waals surface area contributed by atoms with E-state index in [0.717, 1.165) is 11.4 Å². The number of nitrogens with zero attached hydrogens (tertiary/aromatic N) is 2. The summed E-state index contributed by atoms with van der Waals surface area (Å²) in [6.07, 6.45) is 5.41. The van der Waals surface area contributed by atoms with E-state index in [4.69, 9.17) is 25.8 Å². The number of esters is 1. The maximum atomic E-state index is 12.9. The molecule has 0 unspecified atom stereocenters. The molecule has 0 aromatic heterocycles. The fraction of sp³-hybridized carbons (Fsp3) is 0.478. The van der Waals surface area contributed by atoms with E-state index in [0.29, 0.717) is 22.4 Å². The number of carbonyl (C=O) groups is 3. The summed E-state index contributed by atoms with van der Waals surface area (Å²) in [5, 5.41) is 5.33. The Kier molecular flexibility index (Phi) is 6.81. The molecule has 2 bridgehead atoms. The molecule has 1 saturated heterocycles. The molecule has 4 rings (SSSR count). The number of carbonyl (C=O) groups excluding carboxylic acids is 3. The molecule has 1 aromatic carbocycles. The van der Waals surface area contributed by atoms with Crippen LogP contribution in [0.25, 0.3) is 0 Å². The van der Waals surface area contributed by atoms with Gasteiger partial charge in [-0.1, -0.05) is 23.8 Å². The highest BCUT2D eigenvalue weighted by atomic mass is 79.9. The van der Waals surface area contributed by atoms with Crippen molar-refractivity contribution in [2.75, 3.05) is 13.2 Å². The molecule has 0 radical (unpaired) electrons. The average molecular weight is 540 g/mol. The van der Waals surface area contributed by atoms with Crippen molar-refractivity contribution in [3.05, 3.63) is 33.3 Å². The Morgan fingerprint density at radius 1 is 1.24 bits per heavy atom. The third-order valence-corrected chi connectivity index (χ3v) is 7.57. The first-order valence-corrected chi connectivity index (χ1v) is 12.0. The lowest BCUT2D eigenvalue weighted by Gasteiger charge is -2.19. The molecule has 5 atom stereocenters. The van der Waals surface area contributed by atoms with Crippen LogP contribution in [0, 0.1) is 23.7 Å². The van der Waals surface area contributed by atoms with Crippen LogP contribution in [-0.4, -0.2) is 48.3 Å². The zero-order chi connectivity index (χ0) is 23.9. The molecule has 2 aliphatic carbocycles. The summed E-state index contributed by atoms with van der Waals surface area (Å²) in [6, 6.07) is 1.62. The Bertz CT molecular complexity index is 1030. The molecule has 1 saturated carbocycles. The number of ether oxygens (including phenoxy) is 3. The van der Waals surface area contributed by atoms with E-state index in [-0.39, 0.29) is 52.9 Å². The van der Waals surface area contributed by atoms with Crippen LogP contribution in [-0.2, 0) is 19.1 Å². The number of hydrazone groups is 1. The summed E-state index contributed by atoms with van der Waals surface area (Å²) in [5.41, 5.74) is 0.485. The SMILES string of the molecule is CCOC(=O)[C@@H](C)Oc1c(OCC)cc(C=NN2C(=O)[C@@H]3[C@H](C2=O)[C@H]2C=C[C@H]3C2)c(Br)c1Cl. The number of rotatable bonds is 8. The quantitative estimate of drug-likeness (QED) is 0.215. The van der Waals surface area contributed by atoms with Crippen LogP contribution in [0.1, 0.15) is 32.8 Å². The maximum absolute atomic E-state index is 12.9. The topological polar surface area (TPSA) is 94.5 Å². The summed E-state index contributed by atoms with van der Waals surface area (Å²) < 4.78 is 16.8. The number of amides is 2. The minimum absolute atomic E-state index is 0.111. The van der Waals surface area contributed by atoms with Gasteiger partial charge in [0.25, 0.3) is 11.8 Å². The first-order valence-electron chi connectivity index (χ1n) is 10.9. The van der Waals surface area contributed by atoms with Crippen molar-refractivity contribution >= 4 is 51.5 Å². The van der Waals surface area contributed by atoms with Crippen molar-refractivity contribution in [3.8, 4) is 11.5 Å². The number of hydrogen-bond acceptors (Lipinski definition) is 7. The van der Waals surface area contributed by atoms with Crippen LogP contribution in [0.4, 0.5) is 0 Å². The van der Waals surface area contributed by atoms with Gasteiger partial charge in [-0.25, -0.2) is 4.79 Å². The van der Waals surface area contributed by atoms with Crippen molar-refractivity contribution < 1.29 is 28.6 Å². The van der Waals surface area contributed by atoms with Gasteiger partial charge >= 0.3 is 5.97 Å². The molecule has 2 fully saturated rings. The highest BCUT2D eigenvalue weighted by molar-refractivity contribution is 9.10. The normalized spacial score (nSPS) is 26.3. The molecule has 33 heavy (non-hydrogen) atoms. The Morgan fingerprint density at radius 3 is 2.45 bits per heavy atom. The smallest absolute Gasteiger partial charge is 0.347 e. The molecule has 10 heteroatoms. The summed E-state index contributed by atoms with van der Waals surface area (Å²) in [7, 11) is 0. The second kappa shape index (κ2) is 9.46. The first-order chi connectivity index (χ1) is 15.8. The van der Waals surface area contributed by atoms with Gasteiger partial charge in [-0.15, -0.1) is 0 Å². The van der Waals surface area contributed by atoms with Gasteiger partial charge in [-0.05, 0) is 61.0 Å². The van der Waals surface area contributed by atoms with Gasteiger partial charge in [-0.2, -0.15) is 10.1 Å². The fourth-order valence-corrected chi connectivity index (χ4v) is 5.32. The third kappa shape index (κ3) is 4.17. The van der Waals surface area contributed by atoms with E-state index >= 15 is 0 Å². The van der Waals surface area contributed by atoms with Gasteiger partial charge in [0, 0.05) is 10.0 Å². The number of allylic oxidation sites excluding steroid dienone is 2. The number of hydrogen-bond donors (Lipinski definition) is 0. The molecule has 176 valence electrons. The Labute approximate surface area is 205 Å². The van der Waals surface area contributed by atoms with E-state index in [1.807, 2.05) is 12.2 Å². The molecule has 1 heterocycles. The monoisotopic (exact) mass is 538 g/mol. The number of benzene rings is 1. The van der Waals surface area contributed by atoms with Crippen LogP contribution in [0.3, 0.4) is 0 Å². The van der Waals surface area contributed by atoms with E-state index < -0.39 is 12.1 Å². The molecule has 2 amide bonds. The number of fused-ring (bicyclic) bond motifs is 5. The van der Waals surface area contributed by atoms with Crippen LogP contribution < -0.4 is 9.47 Å². The molecular formula is C23H24BrClN2O6. The summed E-state index contributed by atoms with van der Waals surface area (Å²) in [4.78, 5) is 37.7. The zero-order valence-electron chi connectivity index (χ0n) is 18.4. The van der Waals surface area contributed by atoms with Gasteiger partial charge in [0.1, 0.15) is 5.02 Å². The summed E-state index contributed by atoms with van der Waals surface area (Å²) in [6.45, 7) is 5.60. The Balaban J connectivity index is 1.60. The Morgan fingerprint density at radius 2 is 1.88 bits per heavy atom. The highest BCUT2D eigenvalue weighted by Crippen LogP contribution is 2.52. The van der Waals surface area contributed by atoms with Crippen molar-refractivity contribution in [1.29, 1.82) is 0 Å². The molecule has 3 aliphatic rings. The number of halogens is 2. The minimum Gasteiger partial charge on any atom is -0.490 e. The molecule has 0 N–H and O–H groups in total. The largest absolute Gasteiger partial charge is 0.490 e. The molecule has 0 spiro atoms. The van der Waals surface area contributed by atoms with Crippen LogP contribution in [0.15, 0.2) is 27.8 Å². The predicted molar refractivity (Wildman–Crippen MR) is 124 cm³/mol. The summed E-state index contributed by atoms with van der Waals surface area (Å²) >= 11 is 9.94. The standard InChI is InChI=1S/C23H24BrClN2O6/c1-4-31-15-9-14(18(24)19(25)20(15)33-11(3)23(30)32-5-2)10-26-27-21(28)16-12-6-7-13(8-12)17(16)22(27)29/h6-7,9-13,16-17H,4-5,8H2,1-3H3/t11-,12+,13+,16-,17+/m1/s1. The van der Waals surface area contributed by atoms with Gasteiger partial charge in [-0.3, -0.25) is 9.59 Å². The molecule has 1 aliphatic heterocycles. The summed E-state index contributed by atoms with van der Waals surface area (Å²) in [5.74, 6) is -1.03. The average Bonchev–Trinajstić information content (AvgIpc) is 3.47. The van der Waals surface area contributed by atoms with E-state index in [1.165, 1.54) is 6.21 Å². The lowest BCUT2D eigenvalue weighted by atomic mass is 9.85. The van der Waals surface area contributed by atoms with Crippen molar-refractivity contribution in [2.24, 2.45) is 28.8 Å². The van der Waals surface area contributed by atoms with Crippen molar-refractivity contribution in [1.82, 2.24) is 5.01 Å². The second-order valence-corrected chi connectivity index (χ2v) is 9.27. The van der Waals surface area contributed by atoms with E-state index in [1.54, 1.807) is 26.8 Å². The highest BCUT2D eigenvalue weighted by Gasteiger charge is 2.59. The lowest BCUT2D eigenvalue weighted by Crippen LogP contribution is -2.28. The minimum atomic E-state index is -0.906. The van der Waals surface area contributed by atoms with E-state index in [9.17, 15) is 14.4 Å². The molecular weight excluding hydrogens is 516 g/mol. The van der Waals surface area contributed by atoms with Crippen LogP contribution in [0.5, 0.6) is 11.5 Å². The maximum Gasteiger partial charge on any atom is 0.347 e. The van der Waals surface area contributed by atoms with Gasteiger partial charge in [0.2, 0.25) is 0 Å². The fourth-order valence-electron chi connectivity index (χ4n) is 4.68. The van der Waals surface area contributed by atoms with Gasteiger partial charge in [0.15, 0.2) is 17.6 Å². The second-order valence-electron chi connectivity index (χ2n) is 8.10. The Hall–Kier alpha value is -2.39. The third-order valence-electron chi connectivity index (χ3n) is 6.13. The van der Waals surface area contributed by atoms with Crippen molar-refractivity contribution in [3.63, 3.8) is 0 Å². The molecule has 1 aromatic rings. The predicted octanol–water partition coefficient (Wildman–Crippen LogP) is 3.97. The van der Waals surface area contributed by atoms with Crippen LogP contribution >= 0.6 is 27.5 Å². The lowest BCUT2D eigenvalue weighted by molar-refractivity contribution is -0.150. The van der Waals surface area contributed by atoms with Crippen LogP contribution in [0.2, 0.25) is 5.02 Å². The van der Waals surface area contributed by atoms with Gasteiger partial charge < -0.3 is 14.2 Å². The first kappa shape index (κ1) is 23.8. The number of imide groups is 1. The molecule has 8 nitrogen and oxygen atoms in total. The van der Waals surface area contributed by atoms with E-state index in [2.05, 4.69) is 21.0 Å². The van der Waals surface area contributed by atoms with Gasteiger partial charge in [0.05, 0.1) is 31.3 Å². The zero-order valence-corrected chi connectivity index (χ0v) is 20.8.